The van der Waals surface area contributed by atoms with Gasteiger partial charge in [-0.05, 0) is 35.2 Å². The fourth-order valence-corrected chi connectivity index (χ4v) is 1.96. The van der Waals surface area contributed by atoms with Crippen LogP contribution in [-0.4, -0.2) is 4.98 Å². The molecule has 2 nitrogen and oxygen atoms in total. The van der Waals surface area contributed by atoms with E-state index >= 15 is 0 Å². The topological polar surface area (TPSA) is 22.1 Å². The van der Waals surface area contributed by atoms with Crippen molar-refractivity contribution in [1.82, 2.24) is 4.98 Å². The average molecular weight is 294 g/mol. The summed E-state index contributed by atoms with van der Waals surface area (Å²) in [5, 5.41) is 0.569. The smallest absolute Gasteiger partial charge is 0.141 e. The van der Waals surface area contributed by atoms with Crippen molar-refractivity contribution in [2.75, 3.05) is 0 Å². The molecule has 0 bridgehead atoms. The standard InChI is InChI=1S/C16H17ClFNO/c1-16(2,3)11-4-7-15(14(17)8-11)20-10-13-6-5-12(18)9-19-13/h4-9H,10H2,1-3H3. The first-order valence-electron chi connectivity index (χ1n) is 6.39. The van der Waals surface area contributed by atoms with Gasteiger partial charge < -0.3 is 4.74 Å². The fraction of sp³-hybridized carbons (Fsp3) is 0.312. The van der Waals surface area contributed by atoms with Crippen LogP contribution in [0.5, 0.6) is 5.75 Å². The third-order valence-electron chi connectivity index (χ3n) is 2.96. The highest BCUT2D eigenvalue weighted by Crippen LogP contribution is 2.31. The highest BCUT2D eigenvalue weighted by Gasteiger charge is 2.15. The Morgan fingerprint density at radius 3 is 2.50 bits per heavy atom. The minimum Gasteiger partial charge on any atom is -0.486 e. The molecule has 2 rings (SSSR count). The van der Waals surface area contributed by atoms with Crippen molar-refractivity contribution >= 4 is 11.6 Å². The van der Waals surface area contributed by atoms with Gasteiger partial charge >= 0.3 is 0 Å². The van der Waals surface area contributed by atoms with E-state index in [-0.39, 0.29) is 17.8 Å². The molecule has 0 amide bonds. The molecular weight excluding hydrogens is 277 g/mol. The largest absolute Gasteiger partial charge is 0.486 e. The van der Waals surface area contributed by atoms with E-state index in [1.165, 1.54) is 12.3 Å². The van der Waals surface area contributed by atoms with Gasteiger partial charge in [-0.15, -0.1) is 0 Å². The summed E-state index contributed by atoms with van der Waals surface area (Å²) in [7, 11) is 0. The van der Waals surface area contributed by atoms with Gasteiger partial charge in [-0.25, -0.2) is 4.39 Å². The molecule has 1 aromatic heterocycles. The Labute approximate surface area is 123 Å². The quantitative estimate of drug-likeness (QED) is 0.814. The molecule has 0 aliphatic carbocycles. The van der Waals surface area contributed by atoms with Crippen LogP contribution in [0.15, 0.2) is 36.5 Å². The predicted molar refractivity (Wildman–Crippen MR) is 78.7 cm³/mol. The lowest BCUT2D eigenvalue weighted by atomic mass is 9.87. The molecule has 0 spiro atoms. The normalized spacial score (nSPS) is 11.4. The maximum atomic E-state index is 12.7. The average Bonchev–Trinajstić information content (AvgIpc) is 2.38. The second-order valence-corrected chi connectivity index (χ2v) is 6.06. The number of pyridine rings is 1. The summed E-state index contributed by atoms with van der Waals surface area (Å²) >= 11 is 6.22. The number of ether oxygens (including phenoxy) is 1. The van der Waals surface area contributed by atoms with Gasteiger partial charge in [-0.1, -0.05) is 38.4 Å². The van der Waals surface area contributed by atoms with Crippen LogP contribution in [0.2, 0.25) is 5.02 Å². The molecule has 0 N–H and O–H groups in total. The molecule has 0 saturated carbocycles. The highest BCUT2D eigenvalue weighted by molar-refractivity contribution is 6.32. The van der Waals surface area contributed by atoms with Crippen LogP contribution in [0.1, 0.15) is 32.0 Å². The lowest BCUT2D eigenvalue weighted by Gasteiger charge is -2.20. The van der Waals surface area contributed by atoms with Crippen molar-refractivity contribution < 1.29 is 9.13 Å². The molecule has 2 aromatic rings. The van der Waals surface area contributed by atoms with Gasteiger partial charge in [0.15, 0.2) is 0 Å². The fourth-order valence-electron chi connectivity index (χ4n) is 1.73. The minimum atomic E-state index is -0.360. The Hall–Kier alpha value is -1.61. The van der Waals surface area contributed by atoms with Crippen molar-refractivity contribution in [2.45, 2.75) is 32.8 Å². The molecule has 0 aliphatic heterocycles. The van der Waals surface area contributed by atoms with E-state index in [1.807, 2.05) is 18.2 Å². The second kappa shape index (κ2) is 5.80. The van der Waals surface area contributed by atoms with Crippen LogP contribution in [0, 0.1) is 5.82 Å². The lowest BCUT2D eigenvalue weighted by molar-refractivity contribution is 0.301. The van der Waals surface area contributed by atoms with Gasteiger partial charge in [0.05, 0.1) is 16.9 Å². The summed E-state index contributed by atoms with van der Waals surface area (Å²) < 4.78 is 18.4. The summed E-state index contributed by atoms with van der Waals surface area (Å²) in [6.07, 6.45) is 1.17. The molecule has 106 valence electrons. The van der Waals surface area contributed by atoms with Crippen LogP contribution >= 0.6 is 11.6 Å². The van der Waals surface area contributed by atoms with E-state index in [2.05, 4.69) is 25.8 Å². The van der Waals surface area contributed by atoms with E-state index in [0.717, 1.165) is 5.56 Å². The van der Waals surface area contributed by atoms with E-state index in [9.17, 15) is 4.39 Å². The molecule has 0 saturated heterocycles. The number of benzene rings is 1. The zero-order valence-corrected chi connectivity index (χ0v) is 12.5. The maximum absolute atomic E-state index is 12.7. The Balaban J connectivity index is 2.08. The van der Waals surface area contributed by atoms with Gasteiger partial charge in [0, 0.05) is 0 Å². The number of rotatable bonds is 3. The summed E-state index contributed by atoms with van der Waals surface area (Å²) in [6.45, 7) is 6.64. The molecule has 1 heterocycles. The third-order valence-corrected chi connectivity index (χ3v) is 3.26. The molecule has 0 aliphatic rings. The Kier molecular flexibility index (Phi) is 4.29. The number of nitrogens with zero attached hydrogens (tertiary/aromatic N) is 1. The predicted octanol–water partition coefficient (Wildman–Crippen LogP) is 4.75. The first kappa shape index (κ1) is 14.8. The van der Waals surface area contributed by atoms with Crippen molar-refractivity contribution in [3.63, 3.8) is 0 Å². The van der Waals surface area contributed by atoms with E-state index in [1.54, 1.807) is 6.07 Å². The molecule has 1 aromatic carbocycles. The molecule has 0 fully saturated rings. The van der Waals surface area contributed by atoms with Crippen LogP contribution in [0.3, 0.4) is 0 Å². The van der Waals surface area contributed by atoms with Gasteiger partial charge in [0.2, 0.25) is 0 Å². The highest BCUT2D eigenvalue weighted by atomic mass is 35.5. The van der Waals surface area contributed by atoms with Crippen molar-refractivity contribution in [3.05, 3.63) is 58.6 Å². The van der Waals surface area contributed by atoms with E-state index in [4.69, 9.17) is 16.3 Å². The van der Waals surface area contributed by atoms with Crippen LogP contribution in [0.25, 0.3) is 0 Å². The zero-order valence-electron chi connectivity index (χ0n) is 11.8. The zero-order chi connectivity index (χ0) is 14.8. The number of hydrogen-bond acceptors (Lipinski definition) is 2. The third kappa shape index (κ3) is 3.70. The summed E-state index contributed by atoms with van der Waals surface area (Å²) in [5.41, 5.74) is 1.85. The summed E-state index contributed by atoms with van der Waals surface area (Å²) in [6, 6.07) is 8.71. The van der Waals surface area contributed by atoms with Crippen molar-refractivity contribution in [1.29, 1.82) is 0 Å². The lowest BCUT2D eigenvalue weighted by Crippen LogP contribution is -2.11. The minimum absolute atomic E-state index is 0.0423. The molecular formula is C16H17ClFNO. The monoisotopic (exact) mass is 293 g/mol. The van der Waals surface area contributed by atoms with E-state index < -0.39 is 0 Å². The Bertz CT molecular complexity index is 590. The summed E-state index contributed by atoms with van der Waals surface area (Å²) in [5.74, 6) is 0.243. The molecule has 4 heteroatoms. The maximum Gasteiger partial charge on any atom is 0.141 e. The molecule has 0 atom stereocenters. The van der Waals surface area contributed by atoms with Crippen LogP contribution < -0.4 is 4.74 Å². The van der Waals surface area contributed by atoms with Crippen molar-refractivity contribution in [3.8, 4) is 5.75 Å². The first-order valence-corrected chi connectivity index (χ1v) is 6.77. The van der Waals surface area contributed by atoms with Gasteiger partial charge in [0.25, 0.3) is 0 Å². The van der Waals surface area contributed by atoms with E-state index in [0.29, 0.717) is 16.5 Å². The molecule has 20 heavy (non-hydrogen) atoms. The molecule has 0 radical (unpaired) electrons. The van der Waals surface area contributed by atoms with Crippen LogP contribution in [-0.2, 0) is 12.0 Å². The second-order valence-electron chi connectivity index (χ2n) is 5.65. The van der Waals surface area contributed by atoms with Gasteiger partial charge in [-0.3, -0.25) is 4.98 Å². The SMILES string of the molecule is CC(C)(C)c1ccc(OCc2ccc(F)cn2)c(Cl)c1. The number of halogens is 2. The van der Waals surface area contributed by atoms with Crippen LogP contribution in [0.4, 0.5) is 4.39 Å². The summed E-state index contributed by atoms with van der Waals surface area (Å²) in [4.78, 5) is 3.94. The Morgan fingerprint density at radius 2 is 1.95 bits per heavy atom. The van der Waals surface area contributed by atoms with Crippen molar-refractivity contribution in [2.24, 2.45) is 0 Å². The first-order chi connectivity index (χ1) is 9.36. The van der Waals surface area contributed by atoms with Gasteiger partial charge in [-0.2, -0.15) is 0 Å². The number of aromatic nitrogens is 1. The Morgan fingerprint density at radius 1 is 1.20 bits per heavy atom. The number of hydrogen-bond donors (Lipinski definition) is 0. The molecule has 0 unspecified atom stereocenters. The van der Waals surface area contributed by atoms with Gasteiger partial charge in [0.1, 0.15) is 18.2 Å².